The minimum Gasteiger partial charge on any atom is -0.357 e. The summed E-state index contributed by atoms with van der Waals surface area (Å²) in [5, 5.41) is 7.07. The van der Waals surface area contributed by atoms with Gasteiger partial charge in [0.05, 0.1) is 0 Å². The summed E-state index contributed by atoms with van der Waals surface area (Å²) in [7, 11) is 2.23. The third kappa shape index (κ3) is 6.15. The molecule has 0 radical (unpaired) electrons. The third-order valence-electron chi connectivity index (χ3n) is 5.35. The van der Waals surface area contributed by atoms with E-state index in [0.29, 0.717) is 6.04 Å². The molecular formula is C18H36N4. The Balaban J connectivity index is 1.72. The zero-order valence-electron chi connectivity index (χ0n) is 14.9. The molecule has 2 fully saturated rings. The number of nitrogens with one attached hydrogen (secondary N) is 2. The molecular weight excluding hydrogens is 272 g/mol. The highest BCUT2D eigenvalue weighted by Gasteiger charge is 2.19. The van der Waals surface area contributed by atoms with Crippen molar-refractivity contribution in [3.8, 4) is 0 Å². The molecule has 1 saturated heterocycles. The summed E-state index contributed by atoms with van der Waals surface area (Å²) in [4.78, 5) is 7.26. The van der Waals surface area contributed by atoms with Gasteiger partial charge in [-0.1, -0.05) is 6.92 Å². The van der Waals surface area contributed by atoms with E-state index in [4.69, 9.17) is 4.99 Å². The fourth-order valence-electron chi connectivity index (χ4n) is 3.63. The van der Waals surface area contributed by atoms with Crippen molar-refractivity contribution in [1.82, 2.24) is 15.5 Å². The van der Waals surface area contributed by atoms with E-state index in [1.54, 1.807) is 0 Å². The van der Waals surface area contributed by atoms with Crippen LogP contribution in [-0.4, -0.2) is 50.1 Å². The van der Waals surface area contributed by atoms with Crippen LogP contribution in [-0.2, 0) is 0 Å². The van der Waals surface area contributed by atoms with Crippen molar-refractivity contribution in [3.05, 3.63) is 0 Å². The summed E-state index contributed by atoms with van der Waals surface area (Å²) in [5.41, 5.74) is 0. The molecule has 128 valence electrons. The molecule has 4 nitrogen and oxygen atoms in total. The van der Waals surface area contributed by atoms with Crippen molar-refractivity contribution in [2.24, 2.45) is 16.8 Å². The Morgan fingerprint density at radius 2 is 1.77 bits per heavy atom. The molecule has 1 aliphatic carbocycles. The molecule has 0 spiro atoms. The number of rotatable bonds is 5. The van der Waals surface area contributed by atoms with Crippen LogP contribution >= 0.6 is 0 Å². The van der Waals surface area contributed by atoms with E-state index in [2.05, 4.69) is 36.4 Å². The maximum atomic E-state index is 4.82. The Bertz CT molecular complexity index is 326. The summed E-state index contributed by atoms with van der Waals surface area (Å²) in [5.74, 6) is 2.82. The van der Waals surface area contributed by atoms with E-state index in [9.17, 15) is 0 Å². The minimum atomic E-state index is 0.623. The summed E-state index contributed by atoms with van der Waals surface area (Å²) in [6.07, 6.45) is 9.22. The quantitative estimate of drug-likeness (QED) is 0.606. The van der Waals surface area contributed by atoms with Gasteiger partial charge < -0.3 is 15.5 Å². The Morgan fingerprint density at radius 1 is 1.09 bits per heavy atom. The van der Waals surface area contributed by atoms with Crippen LogP contribution in [0.15, 0.2) is 4.99 Å². The Hall–Kier alpha value is -0.770. The fourth-order valence-corrected chi connectivity index (χ4v) is 3.63. The molecule has 0 unspecified atom stereocenters. The van der Waals surface area contributed by atoms with E-state index in [1.807, 2.05) is 0 Å². The number of likely N-dealkylation sites (tertiary alicyclic amines) is 1. The monoisotopic (exact) mass is 308 g/mol. The van der Waals surface area contributed by atoms with E-state index in [-0.39, 0.29) is 0 Å². The lowest BCUT2D eigenvalue weighted by molar-refractivity contribution is 0.214. The number of hydrogen-bond acceptors (Lipinski definition) is 2. The second-order valence-corrected chi connectivity index (χ2v) is 7.40. The van der Waals surface area contributed by atoms with Crippen LogP contribution in [0.1, 0.15) is 58.8 Å². The van der Waals surface area contributed by atoms with Crippen LogP contribution in [0.3, 0.4) is 0 Å². The number of guanidine groups is 1. The summed E-state index contributed by atoms with van der Waals surface area (Å²) < 4.78 is 0. The topological polar surface area (TPSA) is 39.7 Å². The van der Waals surface area contributed by atoms with Crippen molar-refractivity contribution in [2.45, 2.75) is 64.8 Å². The standard InChI is InChI=1S/C18H36N4/c1-4-19-18(21-17-7-5-15(2)6-8-17)20-12-9-16-10-13-22(3)14-11-16/h15-17H,4-14H2,1-3H3,(H2,19,20,21). The first-order valence-corrected chi connectivity index (χ1v) is 9.40. The predicted octanol–water partition coefficient (Wildman–Crippen LogP) is 2.85. The van der Waals surface area contributed by atoms with Gasteiger partial charge >= 0.3 is 0 Å². The van der Waals surface area contributed by atoms with E-state index in [0.717, 1.165) is 30.9 Å². The SMILES string of the molecule is CCNC(=NCCC1CCN(C)CC1)NC1CCC(C)CC1. The van der Waals surface area contributed by atoms with Crippen LogP contribution in [0.2, 0.25) is 0 Å². The van der Waals surface area contributed by atoms with Crippen LogP contribution in [0.4, 0.5) is 0 Å². The second kappa shape index (κ2) is 9.39. The maximum absolute atomic E-state index is 4.82. The average Bonchev–Trinajstić information content (AvgIpc) is 2.52. The van der Waals surface area contributed by atoms with Gasteiger partial charge in [-0.05, 0) is 83.8 Å². The first-order valence-electron chi connectivity index (χ1n) is 9.40. The molecule has 4 heteroatoms. The normalized spacial score (nSPS) is 28.6. The summed E-state index contributed by atoms with van der Waals surface area (Å²) >= 11 is 0. The number of aliphatic imine (C=N–C) groups is 1. The molecule has 0 aromatic carbocycles. The lowest BCUT2D eigenvalue weighted by Crippen LogP contribution is -2.44. The summed E-state index contributed by atoms with van der Waals surface area (Å²) in [6.45, 7) is 8.95. The lowest BCUT2D eigenvalue weighted by Gasteiger charge is -2.29. The van der Waals surface area contributed by atoms with Gasteiger partial charge in [-0.3, -0.25) is 4.99 Å². The van der Waals surface area contributed by atoms with Crippen LogP contribution in [0, 0.1) is 11.8 Å². The molecule has 1 heterocycles. The predicted molar refractivity (Wildman–Crippen MR) is 95.4 cm³/mol. The highest BCUT2D eigenvalue weighted by atomic mass is 15.2. The zero-order valence-corrected chi connectivity index (χ0v) is 14.9. The van der Waals surface area contributed by atoms with Gasteiger partial charge in [0.2, 0.25) is 0 Å². The van der Waals surface area contributed by atoms with Gasteiger partial charge in [-0.2, -0.15) is 0 Å². The molecule has 2 aliphatic rings. The van der Waals surface area contributed by atoms with Gasteiger partial charge in [0, 0.05) is 19.1 Å². The number of hydrogen-bond donors (Lipinski definition) is 2. The molecule has 2 N–H and O–H groups in total. The van der Waals surface area contributed by atoms with Gasteiger partial charge in [-0.25, -0.2) is 0 Å². The molecule has 0 aromatic rings. The van der Waals surface area contributed by atoms with Crippen molar-refractivity contribution >= 4 is 5.96 Å². The third-order valence-corrected chi connectivity index (χ3v) is 5.35. The van der Waals surface area contributed by atoms with Crippen molar-refractivity contribution < 1.29 is 0 Å². The van der Waals surface area contributed by atoms with Gasteiger partial charge in [-0.15, -0.1) is 0 Å². The number of nitrogens with zero attached hydrogens (tertiary/aromatic N) is 2. The molecule has 2 rings (SSSR count). The first-order chi connectivity index (χ1) is 10.7. The molecule has 0 aromatic heterocycles. The molecule has 0 bridgehead atoms. The Labute approximate surface area is 137 Å². The molecule has 0 atom stereocenters. The minimum absolute atomic E-state index is 0.623. The highest BCUT2D eigenvalue weighted by molar-refractivity contribution is 5.80. The summed E-state index contributed by atoms with van der Waals surface area (Å²) in [6, 6.07) is 0.623. The highest BCUT2D eigenvalue weighted by Crippen LogP contribution is 2.23. The van der Waals surface area contributed by atoms with Crippen molar-refractivity contribution in [3.63, 3.8) is 0 Å². The first kappa shape index (κ1) is 17.6. The van der Waals surface area contributed by atoms with Gasteiger partial charge in [0.1, 0.15) is 0 Å². The fraction of sp³-hybridized carbons (Fsp3) is 0.944. The second-order valence-electron chi connectivity index (χ2n) is 7.40. The Kier molecular flexibility index (Phi) is 7.50. The van der Waals surface area contributed by atoms with Crippen molar-refractivity contribution in [2.75, 3.05) is 33.2 Å². The van der Waals surface area contributed by atoms with E-state index < -0.39 is 0 Å². The molecule has 22 heavy (non-hydrogen) atoms. The molecule has 0 amide bonds. The molecule has 1 saturated carbocycles. The van der Waals surface area contributed by atoms with Crippen molar-refractivity contribution in [1.29, 1.82) is 0 Å². The Morgan fingerprint density at radius 3 is 2.41 bits per heavy atom. The van der Waals surface area contributed by atoms with Crippen LogP contribution < -0.4 is 10.6 Å². The smallest absolute Gasteiger partial charge is 0.191 e. The van der Waals surface area contributed by atoms with Crippen LogP contribution in [0.5, 0.6) is 0 Å². The average molecular weight is 309 g/mol. The zero-order chi connectivity index (χ0) is 15.8. The number of piperidine rings is 1. The van der Waals surface area contributed by atoms with Gasteiger partial charge in [0.25, 0.3) is 0 Å². The maximum Gasteiger partial charge on any atom is 0.191 e. The molecule has 1 aliphatic heterocycles. The lowest BCUT2D eigenvalue weighted by atomic mass is 9.87. The van der Waals surface area contributed by atoms with Gasteiger partial charge in [0.15, 0.2) is 5.96 Å². The van der Waals surface area contributed by atoms with E-state index >= 15 is 0 Å². The largest absolute Gasteiger partial charge is 0.357 e. The van der Waals surface area contributed by atoms with E-state index in [1.165, 1.54) is 58.0 Å². The van der Waals surface area contributed by atoms with Crippen LogP contribution in [0.25, 0.3) is 0 Å².